The van der Waals surface area contributed by atoms with Gasteiger partial charge in [-0.05, 0) is 75.1 Å². The summed E-state index contributed by atoms with van der Waals surface area (Å²) in [4.78, 5) is 11.7. The second-order valence-corrected chi connectivity index (χ2v) is 6.24. The number of benzene rings is 1. The lowest BCUT2D eigenvalue weighted by Crippen LogP contribution is -2.09. The van der Waals surface area contributed by atoms with Gasteiger partial charge in [-0.2, -0.15) is 0 Å². The maximum absolute atomic E-state index is 11.7. The van der Waals surface area contributed by atoms with Gasteiger partial charge in [0, 0.05) is 12.0 Å². The Hall–Kier alpha value is -2.55. The number of hydrogen-bond acceptors (Lipinski definition) is 3. The number of aryl methyl sites for hydroxylation is 2. The summed E-state index contributed by atoms with van der Waals surface area (Å²) in [7, 11) is 0. The Labute approximate surface area is 144 Å². The summed E-state index contributed by atoms with van der Waals surface area (Å²) in [5, 5.41) is 0. The summed E-state index contributed by atoms with van der Waals surface area (Å²) in [5.41, 5.74) is 4.57. The second kappa shape index (κ2) is 7.35. The van der Waals surface area contributed by atoms with Crippen LogP contribution in [0.3, 0.4) is 0 Å². The Morgan fingerprint density at radius 2 is 1.67 bits per heavy atom. The van der Waals surface area contributed by atoms with Crippen molar-refractivity contribution < 1.29 is 14.3 Å². The van der Waals surface area contributed by atoms with E-state index in [-0.39, 0.29) is 0 Å². The van der Waals surface area contributed by atoms with Gasteiger partial charge in [-0.3, -0.25) is 0 Å². The van der Waals surface area contributed by atoms with Gasteiger partial charge in [0.1, 0.15) is 17.3 Å². The van der Waals surface area contributed by atoms with E-state index in [4.69, 9.17) is 9.47 Å². The zero-order chi connectivity index (χ0) is 17.9. The van der Waals surface area contributed by atoms with Gasteiger partial charge in [-0.1, -0.05) is 18.7 Å². The molecule has 0 heterocycles. The molecule has 0 saturated carbocycles. The number of ether oxygens (including phenoxy) is 2. The molecule has 0 amide bonds. The van der Waals surface area contributed by atoms with Crippen molar-refractivity contribution in [3.63, 3.8) is 0 Å². The Bertz CT molecular complexity index is 777. The van der Waals surface area contributed by atoms with E-state index in [9.17, 15) is 4.79 Å². The van der Waals surface area contributed by atoms with Gasteiger partial charge in [-0.25, -0.2) is 4.79 Å². The molecule has 1 aromatic carbocycles. The third-order valence-corrected chi connectivity index (χ3v) is 3.95. The number of carbonyl (C=O) groups excluding carboxylic acids is 1. The highest BCUT2D eigenvalue weighted by molar-refractivity contribution is 5.89. The maximum Gasteiger partial charge on any atom is 0.338 e. The van der Waals surface area contributed by atoms with Gasteiger partial charge in [0.15, 0.2) is 0 Å². The first-order valence-corrected chi connectivity index (χ1v) is 7.99. The lowest BCUT2D eigenvalue weighted by atomic mass is 10.1. The van der Waals surface area contributed by atoms with Crippen LogP contribution in [0.1, 0.15) is 38.3 Å². The molecule has 0 spiro atoms. The Morgan fingerprint density at radius 1 is 1.04 bits per heavy atom. The molecule has 0 atom stereocenters. The van der Waals surface area contributed by atoms with Crippen molar-refractivity contribution in [3.05, 3.63) is 70.5 Å². The molecule has 1 aliphatic carbocycles. The van der Waals surface area contributed by atoms with Gasteiger partial charge in [0.2, 0.25) is 0 Å². The van der Waals surface area contributed by atoms with Crippen LogP contribution >= 0.6 is 0 Å². The minimum Gasteiger partial charge on any atom is -0.461 e. The molecule has 0 bridgehead atoms. The maximum atomic E-state index is 11.7. The molecule has 126 valence electrons. The minimum absolute atomic E-state index is 0.375. The average Bonchev–Trinajstić information content (AvgIpc) is 2.66. The van der Waals surface area contributed by atoms with Crippen LogP contribution in [0.2, 0.25) is 0 Å². The molecule has 3 nitrogen and oxygen atoms in total. The second-order valence-electron chi connectivity index (χ2n) is 6.24. The SMILES string of the molecule is C=C(C)C(=O)Oc1cc(C)c(OC2=CC(C)=C(C)C=CC2)cc1C. The van der Waals surface area contributed by atoms with E-state index in [0.717, 1.165) is 29.1 Å². The molecule has 2 rings (SSSR count). The Kier molecular flexibility index (Phi) is 5.45. The van der Waals surface area contributed by atoms with Crippen LogP contribution in [-0.4, -0.2) is 5.97 Å². The van der Waals surface area contributed by atoms with Gasteiger partial charge in [-0.15, -0.1) is 0 Å². The normalized spacial score (nSPS) is 14.1. The molecule has 0 radical (unpaired) electrons. The van der Waals surface area contributed by atoms with Crippen molar-refractivity contribution in [2.75, 3.05) is 0 Å². The van der Waals surface area contributed by atoms with Crippen molar-refractivity contribution in [1.82, 2.24) is 0 Å². The highest BCUT2D eigenvalue weighted by atomic mass is 16.5. The molecule has 0 fully saturated rings. The predicted molar refractivity (Wildman–Crippen MR) is 97.2 cm³/mol. The summed E-state index contributed by atoms with van der Waals surface area (Å²) in [5.74, 6) is 1.79. The summed E-state index contributed by atoms with van der Waals surface area (Å²) in [6.45, 7) is 13.2. The fraction of sp³-hybridized carbons (Fsp3) is 0.286. The molecule has 0 N–H and O–H groups in total. The van der Waals surface area contributed by atoms with Crippen LogP contribution < -0.4 is 9.47 Å². The highest BCUT2D eigenvalue weighted by Gasteiger charge is 2.13. The van der Waals surface area contributed by atoms with Gasteiger partial charge >= 0.3 is 5.97 Å². The summed E-state index contributed by atoms with van der Waals surface area (Å²) in [6.07, 6.45) is 7.03. The number of rotatable bonds is 4. The monoisotopic (exact) mass is 324 g/mol. The number of carbonyl (C=O) groups is 1. The quantitative estimate of drug-likeness (QED) is 0.426. The topological polar surface area (TPSA) is 35.5 Å². The standard InChI is InChI=1S/C21H24O3/c1-13(2)21(22)24-20-12-16(5)19(11-17(20)6)23-18-9-7-8-14(3)15(4)10-18/h7-8,10-12H,1,9H2,2-6H3. The number of allylic oxidation sites excluding steroid dienone is 5. The van der Waals surface area contributed by atoms with Crippen LogP contribution in [0.25, 0.3) is 0 Å². The van der Waals surface area contributed by atoms with E-state index >= 15 is 0 Å². The van der Waals surface area contributed by atoms with Crippen LogP contribution in [-0.2, 0) is 4.79 Å². The Balaban J connectivity index is 2.25. The molecule has 3 heteroatoms. The summed E-state index contributed by atoms with van der Waals surface area (Å²) in [6, 6.07) is 3.73. The first kappa shape index (κ1) is 17.8. The average molecular weight is 324 g/mol. The van der Waals surface area contributed by atoms with Gasteiger partial charge < -0.3 is 9.47 Å². The molecule has 0 aromatic heterocycles. The van der Waals surface area contributed by atoms with Gasteiger partial charge in [0.25, 0.3) is 0 Å². The molecule has 1 aliphatic rings. The Morgan fingerprint density at radius 3 is 2.33 bits per heavy atom. The molecule has 24 heavy (non-hydrogen) atoms. The lowest BCUT2D eigenvalue weighted by molar-refractivity contribution is -0.130. The van der Waals surface area contributed by atoms with Gasteiger partial charge in [0.05, 0.1) is 0 Å². The first-order valence-electron chi connectivity index (χ1n) is 7.99. The number of esters is 1. The van der Waals surface area contributed by atoms with Crippen LogP contribution in [0, 0.1) is 13.8 Å². The van der Waals surface area contributed by atoms with Crippen LogP contribution in [0.4, 0.5) is 0 Å². The molecule has 0 unspecified atom stereocenters. The lowest BCUT2D eigenvalue weighted by Gasteiger charge is -2.14. The van der Waals surface area contributed by atoms with Crippen molar-refractivity contribution in [3.8, 4) is 11.5 Å². The minimum atomic E-state index is -0.418. The first-order chi connectivity index (χ1) is 11.3. The van der Waals surface area contributed by atoms with E-state index in [1.807, 2.05) is 26.0 Å². The number of hydrogen-bond donors (Lipinski definition) is 0. The summed E-state index contributed by atoms with van der Waals surface area (Å²) >= 11 is 0. The van der Waals surface area contributed by atoms with E-state index in [2.05, 4.69) is 38.7 Å². The zero-order valence-corrected chi connectivity index (χ0v) is 15.0. The molecule has 1 aromatic rings. The molecule has 0 saturated heterocycles. The van der Waals surface area contributed by atoms with Crippen LogP contribution in [0.5, 0.6) is 11.5 Å². The molecule has 0 aliphatic heterocycles. The fourth-order valence-electron chi connectivity index (χ4n) is 2.28. The van der Waals surface area contributed by atoms with Crippen LogP contribution in [0.15, 0.2) is 59.4 Å². The highest BCUT2D eigenvalue weighted by Crippen LogP contribution is 2.31. The van der Waals surface area contributed by atoms with Crippen molar-refractivity contribution in [1.29, 1.82) is 0 Å². The van der Waals surface area contributed by atoms with Crippen molar-refractivity contribution in [2.45, 2.75) is 41.0 Å². The zero-order valence-electron chi connectivity index (χ0n) is 15.0. The third-order valence-electron chi connectivity index (χ3n) is 3.95. The van der Waals surface area contributed by atoms with E-state index in [1.54, 1.807) is 6.92 Å². The fourth-order valence-corrected chi connectivity index (χ4v) is 2.28. The largest absolute Gasteiger partial charge is 0.461 e. The van der Waals surface area contributed by atoms with E-state index in [1.165, 1.54) is 11.1 Å². The molecular weight excluding hydrogens is 300 g/mol. The van der Waals surface area contributed by atoms with E-state index < -0.39 is 5.97 Å². The molecular formula is C21H24O3. The predicted octanol–water partition coefficient (Wildman–Crippen LogP) is 5.34. The smallest absolute Gasteiger partial charge is 0.338 e. The summed E-state index contributed by atoms with van der Waals surface area (Å²) < 4.78 is 11.4. The van der Waals surface area contributed by atoms with Crippen molar-refractivity contribution >= 4 is 5.97 Å². The van der Waals surface area contributed by atoms with E-state index in [0.29, 0.717) is 11.3 Å². The third kappa shape index (κ3) is 4.25. The van der Waals surface area contributed by atoms with Crippen molar-refractivity contribution in [2.24, 2.45) is 0 Å².